The van der Waals surface area contributed by atoms with Gasteiger partial charge in [0.15, 0.2) is 0 Å². The van der Waals surface area contributed by atoms with Crippen molar-refractivity contribution in [1.29, 1.82) is 0 Å². The van der Waals surface area contributed by atoms with Gasteiger partial charge in [0.25, 0.3) is 0 Å². The van der Waals surface area contributed by atoms with E-state index in [9.17, 15) is 0 Å². The Hall–Kier alpha value is -5.70. The molecule has 8 aromatic carbocycles. The highest BCUT2D eigenvalue weighted by atomic mass is 32.1. The van der Waals surface area contributed by atoms with Crippen LogP contribution in [0, 0.1) is 0 Å². The largest absolute Gasteiger partial charge is 0.309 e. The number of benzene rings is 8. The molecule has 0 N–H and O–H groups in total. The number of fused-ring (bicyclic) bond motifs is 6. The minimum absolute atomic E-state index is 1.15. The Labute approximate surface area is 272 Å². The molecule has 0 aliphatic carbocycles. The van der Waals surface area contributed by atoms with Crippen molar-refractivity contribution in [3.05, 3.63) is 176 Å². The molecule has 0 fully saturated rings. The summed E-state index contributed by atoms with van der Waals surface area (Å²) in [6.07, 6.45) is 0. The minimum atomic E-state index is 1.15. The lowest BCUT2D eigenvalue weighted by Gasteiger charge is -2.30. The quantitative estimate of drug-likeness (QED) is 0.189. The number of rotatable bonds is 5. The average molecular weight is 604 g/mol. The van der Waals surface area contributed by atoms with Crippen LogP contribution in [0.25, 0.3) is 64.0 Å². The van der Waals surface area contributed by atoms with Gasteiger partial charge in [-0.1, -0.05) is 158 Å². The number of nitrogens with zero attached hydrogens (tertiary/aromatic N) is 1. The van der Waals surface area contributed by atoms with E-state index in [1.807, 2.05) is 11.3 Å². The molecule has 46 heavy (non-hydrogen) atoms. The molecule has 9 aromatic rings. The molecule has 0 amide bonds. The summed E-state index contributed by atoms with van der Waals surface area (Å²) in [5.41, 5.74) is 8.41. The van der Waals surface area contributed by atoms with Gasteiger partial charge in [0.2, 0.25) is 0 Å². The molecule has 0 spiro atoms. The van der Waals surface area contributed by atoms with Gasteiger partial charge in [-0.05, 0) is 40.3 Å². The molecule has 0 saturated heterocycles. The van der Waals surface area contributed by atoms with Crippen LogP contribution in [0.1, 0.15) is 0 Å². The zero-order valence-electron chi connectivity index (χ0n) is 25.1. The monoisotopic (exact) mass is 603 g/mol. The average Bonchev–Trinajstić information content (AvgIpc) is 3.52. The zero-order valence-corrected chi connectivity index (χ0v) is 25.9. The number of thiophene rings is 1. The first kappa shape index (κ1) is 26.7. The summed E-state index contributed by atoms with van der Waals surface area (Å²) in [7, 11) is 0. The van der Waals surface area contributed by atoms with Gasteiger partial charge >= 0.3 is 0 Å². The summed E-state index contributed by atoms with van der Waals surface area (Å²) >= 11 is 1.91. The van der Waals surface area contributed by atoms with Crippen LogP contribution in [0.4, 0.5) is 17.1 Å². The predicted octanol–water partition coefficient (Wildman–Crippen LogP) is 13.2. The molecule has 0 bridgehead atoms. The smallest absolute Gasteiger partial charge is 0.0547 e. The molecule has 0 unspecified atom stereocenters. The molecule has 0 radical (unpaired) electrons. The fraction of sp³-hybridized carbons (Fsp3) is 0. The number of hydrogen-bond acceptors (Lipinski definition) is 2. The molecule has 0 saturated carbocycles. The number of para-hydroxylation sites is 1. The summed E-state index contributed by atoms with van der Waals surface area (Å²) in [5.74, 6) is 0. The van der Waals surface area contributed by atoms with Crippen molar-refractivity contribution >= 4 is 70.1 Å². The molecule has 1 aromatic heterocycles. The Morgan fingerprint density at radius 1 is 0.326 bits per heavy atom. The summed E-state index contributed by atoms with van der Waals surface area (Å²) in [6, 6.07) is 63.8. The van der Waals surface area contributed by atoms with E-state index in [2.05, 4.69) is 181 Å². The third kappa shape index (κ3) is 4.30. The predicted molar refractivity (Wildman–Crippen MR) is 200 cm³/mol. The van der Waals surface area contributed by atoms with Crippen molar-refractivity contribution in [1.82, 2.24) is 0 Å². The summed E-state index contributed by atoms with van der Waals surface area (Å²) in [6.45, 7) is 0. The van der Waals surface area contributed by atoms with Gasteiger partial charge in [-0.25, -0.2) is 0 Å². The lowest BCUT2D eigenvalue weighted by Crippen LogP contribution is -2.12. The van der Waals surface area contributed by atoms with E-state index < -0.39 is 0 Å². The van der Waals surface area contributed by atoms with Gasteiger partial charge in [0.1, 0.15) is 0 Å². The first-order valence-corrected chi connectivity index (χ1v) is 16.5. The van der Waals surface area contributed by atoms with Crippen molar-refractivity contribution in [2.75, 3.05) is 4.90 Å². The van der Waals surface area contributed by atoms with Crippen molar-refractivity contribution in [3.8, 4) is 22.3 Å². The second kappa shape index (κ2) is 11.0. The maximum Gasteiger partial charge on any atom is 0.0547 e. The second-order valence-electron chi connectivity index (χ2n) is 11.7. The minimum Gasteiger partial charge on any atom is -0.309 e. The van der Waals surface area contributed by atoms with Crippen LogP contribution in [0.3, 0.4) is 0 Å². The van der Waals surface area contributed by atoms with Crippen LogP contribution < -0.4 is 4.90 Å². The van der Waals surface area contributed by atoms with E-state index in [4.69, 9.17) is 0 Å². The Morgan fingerprint density at radius 2 is 0.848 bits per heavy atom. The van der Waals surface area contributed by atoms with Crippen LogP contribution >= 0.6 is 11.3 Å². The SMILES string of the molecule is c1ccc(-c2ccccc2N(c2cccc3ccccc23)c2cc3c4cccc(-c5ccccc5)c4sc3c3ccccc23)cc1. The van der Waals surface area contributed by atoms with Crippen LogP contribution in [-0.4, -0.2) is 0 Å². The van der Waals surface area contributed by atoms with Crippen molar-refractivity contribution in [2.24, 2.45) is 0 Å². The van der Waals surface area contributed by atoms with Gasteiger partial charge in [0, 0.05) is 41.9 Å². The van der Waals surface area contributed by atoms with Crippen LogP contribution in [0.2, 0.25) is 0 Å². The Balaban J connectivity index is 1.41. The van der Waals surface area contributed by atoms with Gasteiger partial charge < -0.3 is 4.90 Å². The summed E-state index contributed by atoms with van der Waals surface area (Å²) < 4.78 is 2.65. The molecular weight excluding hydrogens is 575 g/mol. The van der Waals surface area contributed by atoms with E-state index in [0.29, 0.717) is 0 Å². The van der Waals surface area contributed by atoms with Gasteiger partial charge in [-0.2, -0.15) is 0 Å². The highest BCUT2D eigenvalue weighted by molar-refractivity contribution is 7.27. The molecule has 9 rings (SSSR count). The highest BCUT2D eigenvalue weighted by Crippen LogP contribution is 2.50. The van der Waals surface area contributed by atoms with Crippen LogP contribution in [0.5, 0.6) is 0 Å². The van der Waals surface area contributed by atoms with Crippen LogP contribution in [0.15, 0.2) is 176 Å². The topological polar surface area (TPSA) is 3.24 Å². The van der Waals surface area contributed by atoms with E-state index in [-0.39, 0.29) is 0 Å². The summed E-state index contributed by atoms with van der Waals surface area (Å²) in [5, 5.41) is 7.53. The fourth-order valence-electron chi connectivity index (χ4n) is 6.95. The third-order valence-electron chi connectivity index (χ3n) is 9.05. The van der Waals surface area contributed by atoms with Gasteiger partial charge in [-0.15, -0.1) is 11.3 Å². The Kier molecular flexibility index (Phi) is 6.40. The van der Waals surface area contributed by atoms with E-state index in [1.54, 1.807) is 0 Å². The first-order valence-electron chi connectivity index (χ1n) is 15.7. The maximum atomic E-state index is 2.50. The molecule has 0 aliphatic rings. The summed E-state index contributed by atoms with van der Waals surface area (Å²) in [4.78, 5) is 2.50. The molecular formula is C44H29NS. The maximum absolute atomic E-state index is 2.50. The Bertz CT molecular complexity index is 2520. The molecule has 0 atom stereocenters. The van der Waals surface area contributed by atoms with E-state index in [0.717, 1.165) is 11.4 Å². The van der Waals surface area contributed by atoms with Crippen molar-refractivity contribution < 1.29 is 0 Å². The van der Waals surface area contributed by atoms with Gasteiger partial charge in [-0.3, -0.25) is 0 Å². The van der Waals surface area contributed by atoms with Crippen LogP contribution in [-0.2, 0) is 0 Å². The highest BCUT2D eigenvalue weighted by Gasteiger charge is 2.23. The molecule has 1 nitrogen and oxygen atoms in total. The fourth-order valence-corrected chi connectivity index (χ4v) is 8.31. The standard InChI is InChI=1S/C44H29NS/c1-3-15-30(16-4-1)33-22-11-12-27-40(33)45(41-28-13-20-31-19-7-8-21-34(31)41)42-29-39-38-26-14-25-35(32-17-5-2-6-18-32)43(38)46-44(39)37-24-10-9-23-36(37)42/h1-29H. The second-order valence-corrected chi connectivity index (χ2v) is 12.7. The number of anilines is 3. The Morgan fingerprint density at radius 3 is 1.65 bits per heavy atom. The zero-order chi connectivity index (χ0) is 30.5. The van der Waals surface area contributed by atoms with Crippen molar-refractivity contribution in [3.63, 3.8) is 0 Å². The van der Waals surface area contributed by atoms with E-state index in [1.165, 1.54) is 69.7 Å². The lowest BCUT2D eigenvalue weighted by molar-refractivity contribution is 1.32. The number of hydrogen-bond donors (Lipinski definition) is 0. The molecule has 1 heterocycles. The first-order chi connectivity index (χ1) is 22.8. The third-order valence-corrected chi connectivity index (χ3v) is 10.3. The van der Waals surface area contributed by atoms with Crippen molar-refractivity contribution in [2.45, 2.75) is 0 Å². The molecule has 216 valence electrons. The lowest BCUT2D eigenvalue weighted by atomic mass is 9.97. The van der Waals surface area contributed by atoms with Gasteiger partial charge in [0.05, 0.1) is 17.1 Å². The normalized spacial score (nSPS) is 11.5. The van der Waals surface area contributed by atoms with E-state index >= 15 is 0 Å². The molecule has 0 aliphatic heterocycles. The molecule has 2 heteroatoms.